The Kier molecular flexibility index (Phi) is 2.44. The van der Waals surface area contributed by atoms with Gasteiger partial charge in [-0.2, -0.15) is 0 Å². The standard InChI is InChI=1S/C8H9NOS/c9-8(11)6-4-2-1-3-5-7(6)10/h1-2,4-5,10H,3H2,(H2,9,11). The molecule has 3 N–H and O–H groups in total. The first-order chi connectivity index (χ1) is 5.22. The first-order valence-corrected chi connectivity index (χ1v) is 3.69. The lowest BCUT2D eigenvalue weighted by atomic mass is 10.2. The van der Waals surface area contributed by atoms with Gasteiger partial charge in [-0.1, -0.05) is 24.4 Å². The highest BCUT2D eigenvalue weighted by atomic mass is 32.1. The van der Waals surface area contributed by atoms with E-state index in [0.29, 0.717) is 12.0 Å². The molecule has 0 saturated heterocycles. The van der Waals surface area contributed by atoms with Crippen LogP contribution in [0.25, 0.3) is 0 Å². The molecule has 0 spiro atoms. The van der Waals surface area contributed by atoms with Crippen LogP contribution in [-0.4, -0.2) is 10.1 Å². The average Bonchev–Trinajstić information content (AvgIpc) is 2.13. The van der Waals surface area contributed by atoms with E-state index in [2.05, 4.69) is 0 Å². The zero-order valence-electron chi connectivity index (χ0n) is 5.95. The van der Waals surface area contributed by atoms with Gasteiger partial charge in [-0.3, -0.25) is 0 Å². The minimum atomic E-state index is 0.169. The molecule has 0 heterocycles. The third-order valence-corrected chi connectivity index (χ3v) is 1.61. The second-order valence-corrected chi connectivity index (χ2v) is 2.64. The predicted octanol–water partition coefficient (Wildman–Crippen LogP) is 1.60. The zero-order chi connectivity index (χ0) is 8.27. The molecule has 0 aromatic rings. The van der Waals surface area contributed by atoms with Crippen molar-refractivity contribution in [3.63, 3.8) is 0 Å². The van der Waals surface area contributed by atoms with Crippen LogP contribution in [0.2, 0.25) is 0 Å². The molecular formula is C8H9NOS. The quantitative estimate of drug-likeness (QED) is 0.583. The molecule has 11 heavy (non-hydrogen) atoms. The van der Waals surface area contributed by atoms with E-state index in [1.807, 2.05) is 12.2 Å². The molecule has 0 saturated carbocycles. The van der Waals surface area contributed by atoms with E-state index in [1.54, 1.807) is 12.2 Å². The van der Waals surface area contributed by atoms with Crippen LogP contribution in [0.1, 0.15) is 6.42 Å². The maximum absolute atomic E-state index is 9.30. The molecule has 2 nitrogen and oxygen atoms in total. The summed E-state index contributed by atoms with van der Waals surface area (Å²) in [7, 11) is 0. The summed E-state index contributed by atoms with van der Waals surface area (Å²) < 4.78 is 0. The van der Waals surface area contributed by atoms with E-state index in [1.165, 1.54) is 0 Å². The molecule has 1 aliphatic carbocycles. The Morgan fingerprint density at radius 3 is 3.00 bits per heavy atom. The van der Waals surface area contributed by atoms with E-state index in [9.17, 15) is 5.11 Å². The number of allylic oxidation sites excluding steroid dienone is 4. The van der Waals surface area contributed by atoms with E-state index < -0.39 is 0 Å². The minimum absolute atomic E-state index is 0.169. The molecule has 0 aromatic heterocycles. The molecule has 0 radical (unpaired) electrons. The second kappa shape index (κ2) is 3.34. The fourth-order valence-corrected chi connectivity index (χ4v) is 0.999. The molecule has 0 unspecified atom stereocenters. The van der Waals surface area contributed by atoms with Gasteiger partial charge in [0.2, 0.25) is 0 Å². The van der Waals surface area contributed by atoms with Gasteiger partial charge in [0.25, 0.3) is 0 Å². The molecule has 1 rings (SSSR count). The van der Waals surface area contributed by atoms with Crippen molar-refractivity contribution in [1.29, 1.82) is 0 Å². The largest absolute Gasteiger partial charge is 0.508 e. The normalized spacial score (nSPS) is 16.7. The molecule has 1 aliphatic rings. The van der Waals surface area contributed by atoms with Crippen LogP contribution < -0.4 is 5.73 Å². The maximum Gasteiger partial charge on any atom is 0.122 e. The lowest BCUT2D eigenvalue weighted by Crippen LogP contribution is -2.12. The summed E-state index contributed by atoms with van der Waals surface area (Å²) in [4.78, 5) is 0.227. The fourth-order valence-electron chi connectivity index (χ4n) is 0.826. The molecule has 0 fully saturated rings. The topological polar surface area (TPSA) is 46.2 Å². The van der Waals surface area contributed by atoms with Crippen molar-refractivity contribution in [2.45, 2.75) is 6.42 Å². The van der Waals surface area contributed by atoms with Crippen LogP contribution in [0.5, 0.6) is 0 Å². The highest BCUT2D eigenvalue weighted by molar-refractivity contribution is 7.80. The van der Waals surface area contributed by atoms with Crippen LogP contribution in [0.3, 0.4) is 0 Å². The molecule has 0 atom stereocenters. The van der Waals surface area contributed by atoms with E-state index >= 15 is 0 Å². The van der Waals surface area contributed by atoms with Gasteiger partial charge in [-0.15, -0.1) is 0 Å². The highest BCUT2D eigenvalue weighted by Crippen LogP contribution is 2.11. The van der Waals surface area contributed by atoms with Crippen molar-refractivity contribution in [2.24, 2.45) is 5.73 Å². The Morgan fingerprint density at radius 1 is 1.64 bits per heavy atom. The summed E-state index contributed by atoms with van der Waals surface area (Å²) in [5.41, 5.74) is 5.89. The van der Waals surface area contributed by atoms with Gasteiger partial charge in [-0.05, 0) is 18.6 Å². The third kappa shape index (κ3) is 1.91. The number of hydrogen-bond acceptors (Lipinski definition) is 2. The Balaban J connectivity index is 2.98. The SMILES string of the molecule is NC(=S)C1=CC=CCC=C1O. The van der Waals surface area contributed by atoms with Crippen LogP contribution >= 0.6 is 12.2 Å². The summed E-state index contributed by atoms with van der Waals surface area (Å²) in [5, 5.41) is 9.30. The van der Waals surface area contributed by atoms with Crippen molar-refractivity contribution in [2.75, 3.05) is 0 Å². The number of rotatable bonds is 1. The van der Waals surface area contributed by atoms with Gasteiger partial charge < -0.3 is 10.8 Å². The predicted molar refractivity (Wildman–Crippen MR) is 49.3 cm³/mol. The molecular weight excluding hydrogens is 158 g/mol. The monoisotopic (exact) mass is 167 g/mol. The van der Waals surface area contributed by atoms with Crippen LogP contribution in [0.4, 0.5) is 0 Å². The lowest BCUT2D eigenvalue weighted by molar-refractivity contribution is 0.426. The smallest absolute Gasteiger partial charge is 0.122 e. The number of thiocarbonyl (C=S) groups is 1. The summed E-state index contributed by atoms with van der Waals surface area (Å²) >= 11 is 4.73. The number of aliphatic hydroxyl groups is 1. The first kappa shape index (κ1) is 8.01. The molecule has 3 heteroatoms. The fraction of sp³-hybridized carbons (Fsp3) is 0.125. The number of aliphatic hydroxyl groups excluding tert-OH is 1. The van der Waals surface area contributed by atoms with Crippen LogP contribution in [-0.2, 0) is 0 Å². The van der Waals surface area contributed by atoms with Crippen LogP contribution in [0, 0.1) is 0 Å². The van der Waals surface area contributed by atoms with Crippen molar-refractivity contribution in [3.05, 3.63) is 35.6 Å². The third-order valence-electron chi connectivity index (χ3n) is 1.39. The molecule has 58 valence electrons. The molecule has 0 aliphatic heterocycles. The van der Waals surface area contributed by atoms with E-state index in [-0.39, 0.29) is 10.7 Å². The summed E-state index contributed by atoms with van der Waals surface area (Å²) in [6, 6.07) is 0. The second-order valence-electron chi connectivity index (χ2n) is 2.20. The van der Waals surface area contributed by atoms with Gasteiger partial charge in [0.05, 0.1) is 5.57 Å². The zero-order valence-corrected chi connectivity index (χ0v) is 6.77. The maximum atomic E-state index is 9.30. The van der Waals surface area contributed by atoms with Crippen molar-refractivity contribution >= 4 is 17.2 Å². The molecule has 0 amide bonds. The Labute approximate surface area is 70.7 Å². The molecule has 0 aromatic carbocycles. The lowest BCUT2D eigenvalue weighted by Gasteiger charge is -2.00. The van der Waals surface area contributed by atoms with E-state index in [0.717, 1.165) is 0 Å². The first-order valence-electron chi connectivity index (χ1n) is 3.28. The van der Waals surface area contributed by atoms with Crippen molar-refractivity contribution < 1.29 is 5.11 Å². The Bertz CT molecular complexity index is 263. The molecule has 0 bridgehead atoms. The van der Waals surface area contributed by atoms with Crippen LogP contribution in [0.15, 0.2) is 35.6 Å². The number of nitrogens with two attached hydrogens (primary N) is 1. The van der Waals surface area contributed by atoms with Crippen molar-refractivity contribution in [1.82, 2.24) is 0 Å². The summed E-state index contributed by atoms with van der Waals surface area (Å²) in [6.07, 6.45) is 7.85. The van der Waals surface area contributed by atoms with Gasteiger partial charge in [0, 0.05) is 0 Å². The minimum Gasteiger partial charge on any atom is -0.508 e. The van der Waals surface area contributed by atoms with Gasteiger partial charge in [0.15, 0.2) is 0 Å². The Hall–Kier alpha value is -1.09. The van der Waals surface area contributed by atoms with Gasteiger partial charge in [-0.25, -0.2) is 0 Å². The van der Waals surface area contributed by atoms with Crippen molar-refractivity contribution in [3.8, 4) is 0 Å². The highest BCUT2D eigenvalue weighted by Gasteiger charge is 2.05. The van der Waals surface area contributed by atoms with Gasteiger partial charge in [0.1, 0.15) is 10.7 Å². The Morgan fingerprint density at radius 2 is 2.36 bits per heavy atom. The number of hydrogen-bond donors (Lipinski definition) is 2. The van der Waals surface area contributed by atoms with Gasteiger partial charge >= 0.3 is 0 Å². The summed E-state index contributed by atoms with van der Waals surface area (Å²) in [6.45, 7) is 0. The van der Waals surface area contributed by atoms with E-state index in [4.69, 9.17) is 18.0 Å². The summed E-state index contributed by atoms with van der Waals surface area (Å²) in [5.74, 6) is 0.169. The average molecular weight is 167 g/mol.